The Kier molecular flexibility index (Phi) is 4.33. The van der Waals surface area contributed by atoms with Crippen LogP contribution in [-0.4, -0.2) is 22.5 Å². The molecule has 2 heterocycles. The number of ether oxygens (including phenoxy) is 1. The second-order valence-corrected chi connectivity index (χ2v) is 5.07. The second-order valence-electron chi connectivity index (χ2n) is 5.07. The fourth-order valence-corrected chi connectivity index (χ4v) is 2.14. The van der Waals surface area contributed by atoms with Crippen LogP contribution >= 0.6 is 0 Å². The maximum absolute atomic E-state index is 8.18. The van der Waals surface area contributed by atoms with E-state index in [1.807, 2.05) is 36.4 Å². The topological polar surface area (TPSA) is 115 Å². The van der Waals surface area contributed by atoms with Gasteiger partial charge in [0, 0.05) is 23.9 Å². The van der Waals surface area contributed by atoms with Crippen LogP contribution in [-0.2, 0) is 0 Å². The molecule has 7 nitrogen and oxygen atoms in total. The number of nitrogens with two attached hydrogens (primary N) is 2. The third kappa shape index (κ3) is 3.46. The molecule has 0 atom stereocenters. The summed E-state index contributed by atoms with van der Waals surface area (Å²) in [6, 6.07) is 16.5. The molecule has 0 fully saturated rings. The van der Waals surface area contributed by atoms with Gasteiger partial charge in [0.05, 0.1) is 0 Å². The van der Waals surface area contributed by atoms with Crippen molar-refractivity contribution in [1.82, 2.24) is 10.1 Å². The molecule has 0 aliphatic heterocycles. The molecule has 120 valence electrons. The summed E-state index contributed by atoms with van der Waals surface area (Å²) in [6.07, 6.45) is 1.55. The maximum Gasteiger partial charge on any atom is 0.292 e. The van der Waals surface area contributed by atoms with Crippen LogP contribution in [0, 0.1) is 5.41 Å². The van der Waals surface area contributed by atoms with Crippen molar-refractivity contribution in [3.8, 4) is 17.0 Å². The lowest BCUT2D eigenvalue weighted by Crippen LogP contribution is -2.51. The predicted octanol–water partition coefficient (Wildman–Crippen LogP) is 1.50. The van der Waals surface area contributed by atoms with Gasteiger partial charge in [0.2, 0.25) is 5.82 Å². The van der Waals surface area contributed by atoms with Gasteiger partial charge >= 0.3 is 0 Å². The zero-order chi connectivity index (χ0) is 16.9. The van der Waals surface area contributed by atoms with E-state index in [4.69, 9.17) is 21.6 Å². The molecule has 1 aromatic carbocycles. The zero-order valence-corrected chi connectivity index (χ0v) is 12.9. The van der Waals surface area contributed by atoms with Gasteiger partial charge in [-0.3, -0.25) is 0 Å². The molecule has 5 N–H and O–H groups in total. The Morgan fingerprint density at radius 3 is 2.62 bits per heavy atom. The minimum absolute atomic E-state index is 0.00353. The van der Waals surface area contributed by atoms with E-state index < -0.39 is 0 Å². The van der Waals surface area contributed by atoms with Crippen molar-refractivity contribution in [1.29, 1.82) is 5.41 Å². The van der Waals surface area contributed by atoms with Gasteiger partial charge < -0.3 is 16.2 Å². The Hall–Kier alpha value is -3.48. The molecule has 0 bridgehead atoms. The first-order valence-corrected chi connectivity index (χ1v) is 7.30. The predicted molar refractivity (Wildman–Crippen MR) is 91.5 cm³/mol. The molecular formula is C17H17N6O+. The Bertz CT molecular complexity index is 866. The molecule has 0 spiro atoms. The Labute approximate surface area is 139 Å². The van der Waals surface area contributed by atoms with E-state index >= 15 is 0 Å². The van der Waals surface area contributed by atoms with E-state index in [0.29, 0.717) is 17.4 Å². The SMILES string of the molecule is N=C(COc1ccnc(N)c1)[n+]1nc(-c2ccccc2)ccc1N. The van der Waals surface area contributed by atoms with Gasteiger partial charge in [0.15, 0.2) is 6.61 Å². The molecule has 0 radical (unpaired) electrons. The molecule has 3 rings (SSSR count). The molecule has 0 unspecified atom stereocenters. The summed E-state index contributed by atoms with van der Waals surface area (Å²) in [7, 11) is 0. The number of nitrogen functional groups attached to an aromatic ring is 2. The standard InChI is InChI=1S/C17H16N6O/c18-15-10-13(8-9-21-15)24-11-17(20)23-16(19)7-6-14(22-23)12-4-2-1-3-5-12/h1-10,19-20H,11H2,(H2,18,21)/p+1. The molecule has 0 saturated carbocycles. The van der Waals surface area contributed by atoms with Crippen molar-refractivity contribution in [3.05, 3.63) is 60.8 Å². The molecule has 0 saturated heterocycles. The van der Waals surface area contributed by atoms with E-state index in [1.165, 1.54) is 4.68 Å². The number of hydrogen-bond acceptors (Lipinski definition) is 6. The number of aromatic nitrogens is 3. The first kappa shape index (κ1) is 15.4. The van der Waals surface area contributed by atoms with Gasteiger partial charge in [0.1, 0.15) is 17.3 Å². The Morgan fingerprint density at radius 1 is 1.08 bits per heavy atom. The highest BCUT2D eigenvalue weighted by Crippen LogP contribution is 2.15. The molecule has 0 aliphatic carbocycles. The van der Waals surface area contributed by atoms with Gasteiger partial charge in [-0.2, -0.15) is 5.41 Å². The summed E-state index contributed by atoms with van der Waals surface area (Å²) in [6.45, 7) is 0.00353. The average molecular weight is 321 g/mol. The summed E-state index contributed by atoms with van der Waals surface area (Å²) >= 11 is 0. The number of benzene rings is 1. The molecule has 24 heavy (non-hydrogen) atoms. The molecule has 7 heteroatoms. The third-order valence-corrected chi connectivity index (χ3v) is 3.32. The molecule has 2 aromatic heterocycles. The Balaban J connectivity index is 1.79. The third-order valence-electron chi connectivity index (χ3n) is 3.32. The number of hydrogen-bond donors (Lipinski definition) is 3. The van der Waals surface area contributed by atoms with Crippen molar-refractivity contribution in [2.24, 2.45) is 0 Å². The lowest BCUT2D eigenvalue weighted by Gasteiger charge is -2.08. The van der Waals surface area contributed by atoms with E-state index in [1.54, 1.807) is 24.4 Å². The number of rotatable bonds is 4. The largest absolute Gasteiger partial charge is 0.482 e. The highest BCUT2D eigenvalue weighted by molar-refractivity contribution is 5.72. The molecule has 0 aliphatic rings. The number of nitrogens with zero attached hydrogens (tertiary/aromatic N) is 3. The minimum atomic E-state index is 0.00353. The number of pyridine rings is 1. The number of nitrogens with one attached hydrogen (secondary N) is 1. The molecular weight excluding hydrogens is 304 g/mol. The maximum atomic E-state index is 8.18. The summed E-state index contributed by atoms with van der Waals surface area (Å²) in [5, 5.41) is 12.6. The summed E-state index contributed by atoms with van der Waals surface area (Å²) in [5.74, 6) is 1.36. The zero-order valence-electron chi connectivity index (χ0n) is 12.9. The number of anilines is 2. The van der Waals surface area contributed by atoms with E-state index in [-0.39, 0.29) is 12.4 Å². The van der Waals surface area contributed by atoms with E-state index in [0.717, 1.165) is 11.3 Å². The quantitative estimate of drug-likeness (QED) is 0.383. The van der Waals surface area contributed by atoms with Crippen molar-refractivity contribution < 1.29 is 9.42 Å². The fourth-order valence-electron chi connectivity index (χ4n) is 2.14. The second kappa shape index (κ2) is 6.74. The average Bonchev–Trinajstić information content (AvgIpc) is 2.61. The smallest absolute Gasteiger partial charge is 0.292 e. The van der Waals surface area contributed by atoms with Gasteiger partial charge in [-0.05, 0) is 12.1 Å². The summed E-state index contributed by atoms with van der Waals surface area (Å²) < 4.78 is 6.90. The van der Waals surface area contributed by atoms with Crippen molar-refractivity contribution in [2.45, 2.75) is 0 Å². The van der Waals surface area contributed by atoms with Gasteiger partial charge in [-0.15, -0.1) is 9.78 Å². The highest BCUT2D eigenvalue weighted by Gasteiger charge is 2.15. The first-order valence-electron chi connectivity index (χ1n) is 7.30. The van der Waals surface area contributed by atoms with Gasteiger partial charge in [-0.1, -0.05) is 30.3 Å². The normalized spacial score (nSPS) is 10.3. The van der Waals surface area contributed by atoms with Crippen molar-refractivity contribution >= 4 is 17.5 Å². The van der Waals surface area contributed by atoms with E-state index in [2.05, 4.69) is 10.1 Å². The summed E-state index contributed by atoms with van der Waals surface area (Å²) in [5.41, 5.74) is 13.2. The molecule has 0 amide bonds. The lowest BCUT2D eigenvalue weighted by atomic mass is 10.1. The van der Waals surface area contributed by atoms with Crippen LogP contribution in [0.25, 0.3) is 11.3 Å². The lowest BCUT2D eigenvalue weighted by molar-refractivity contribution is -0.609. The fraction of sp³-hybridized carbons (Fsp3) is 0.0588. The van der Waals surface area contributed by atoms with Gasteiger partial charge in [-0.25, -0.2) is 4.98 Å². The van der Waals surface area contributed by atoms with Crippen LogP contribution in [0.3, 0.4) is 0 Å². The van der Waals surface area contributed by atoms with Gasteiger partial charge in [0.25, 0.3) is 5.84 Å². The minimum Gasteiger partial charge on any atom is -0.482 e. The van der Waals surface area contributed by atoms with Crippen LogP contribution in [0.2, 0.25) is 0 Å². The van der Waals surface area contributed by atoms with E-state index in [9.17, 15) is 0 Å². The van der Waals surface area contributed by atoms with Crippen molar-refractivity contribution in [3.63, 3.8) is 0 Å². The first-order chi connectivity index (χ1) is 11.6. The van der Waals surface area contributed by atoms with Crippen molar-refractivity contribution in [2.75, 3.05) is 18.1 Å². The molecule has 3 aromatic rings. The monoisotopic (exact) mass is 321 g/mol. The van der Waals surface area contributed by atoms with Crippen LogP contribution in [0.15, 0.2) is 60.8 Å². The van der Waals surface area contributed by atoms with Crippen LogP contribution in [0.1, 0.15) is 0 Å². The van der Waals surface area contributed by atoms with Crippen LogP contribution < -0.4 is 20.9 Å². The highest BCUT2D eigenvalue weighted by atomic mass is 16.5. The van der Waals surface area contributed by atoms with Crippen LogP contribution in [0.4, 0.5) is 11.6 Å². The Morgan fingerprint density at radius 2 is 1.88 bits per heavy atom. The summed E-state index contributed by atoms with van der Waals surface area (Å²) in [4.78, 5) is 3.89. The van der Waals surface area contributed by atoms with Crippen LogP contribution in [0.5, 0.6) is 5.75 Å².